The van der Waals surface area contributed by atoms with E-state index in [-0.39, 0.29) is 22.5 Å². The molecule has 0 radical (unpaired) electrons. The maximum Gasteiger partial charge on any atom is 0.307 e. The fraction of sp³-hybridized carbons (Fsp3) is 0.900. The topological polar surface area (TPSA) is 74.6 Å². The predicted molar refractivity (Wildman–Crippen MR) is 87.1 cm³/mol. The van der Waals surface area contributed by atoms with Crippen LogP contribution in [0.5, 0.6) is 0 Å². The number of carboxylic acids is 1. The van der Waals surface area contributed by atoms with Crippen LogP contribution in [0.15, 0.2) is 0 Å². The zero-order valence-electron chi connectivity index (χ0n) is 14.6. The zero-order chi connectivity index (χ0) is 17.1. The van der Waals surface area contributed by atoms with Crippen molar-refractivity contribution in [1.82, 2.24) is 0 Å². The normalized spacial score (nSPS) is 60.9. The summed E-state index contributed by atoms with van der Waals surface area (Å²) in [5.41, 5.74) is -1.11. The minimum absolute atomic E-state index is 0.120. The van der Waals surface area contributed by atoms with Gasteiger partial charge >= 0.3 is 5.97 Å². The number of aliphatic hydroxyl groups is 1. The van der Waals surface area contributed by atoms with Gasteiger partial charge in [-0.15, -0.1) is 0 Å². The van der Waals surface area contributed by atoms with E-state index in [4.69, 9.17) is 0 Å². The van der Waals surface area contributed by atoms with E-state index in [1.165, 1.54) is 6.42 Å². The molecule has 5 aliphatic rings. The number of aliphatic hydroxyl groups excluding tert-OH is 1. The van der Waals surface area contributed by atoms with Crippen molar-refractivity contribution < 1.29 is 19.8 Å². The second-order valence-electron chi connectivity index (χ2n) is 9.97. The summed E-state index contributed by atoms with van der Waals surface area (Å²) >= 11 is 0. The molecule has 4 nitrogen and oxygen atoms in total. The Labute approximate surface area is 143 Å². The molecule has 0 aromatic heterocycles. The van der Waals surface area contributed by atoms with E-state index in [2.05, 4.69) is 6.92 Å². The van der Waals surface area contributed by atoms with E-state index in [0.29, 0.717) is 30.6 Å². The zero-order valence-corrected chi connectivity index (χ0v) is 14.6. The minimum atomic E-state index is -0.839. The van der Waals surface area contributed by atoms with Gasteiger partial charge in [-0.05, 0) is 80.0 Å². The first kappa shape index (κ1) is 15.4. The van der Waals surface area contributed by atoms with Gasteiger partial charge < -0.3 is 10.2 Å². The molecule has 0 amide bonds. The second kappa shape index (κ2) is 4.25. The number of hydrogen-bond acceptors (Lipinski definition) is 3. The number of hydrogen-bond donors (Lipinski definition) is 2. The first-order valence-electron chi connectivity index (χ1n) is 9.71. The fourth-order valence-electron chi connectivity index (χ4n) is 8.83. The smallest absolute Gasteiger partial charge is 0.307 e. The highest BCUT2D eigenvalue weighted by Crippen LogP contribution is 2.81. The molecule has 24 heavy (non-hydrogen) atoms. The summed E-state index contributed by atoms with van der Waals surface area (Å²) in [7, 11) is 0. The van der Waals surface area contributed by atoms with Crippen molar-refractivity contribution >= 4 is 11.8 Å². The van der Waals surface area contributed by atoms with Crippen molar-refractivity contribution in [1.29, 1.82) is 0 Å². The van der Waals surface area contributed by atoms with Crippen LogP contribution >= 0.6 is 0 Å². The van der Waals surface area contributed by atoms with Crippen molar-refractivity contribution in [3.8, 4) is 0 Å². The number of fused-ring (bicyclic) bond motifs is 1. The standard InChI is InChI=1S/C20H28O4/c1-10-7-20-8-11(10)3-4-12(20)19-6-5-13(21)18(2,14(22)9-19)16(19)15(20)17(23)24/h10-13,15-16,21H,3-9H2,1-2H3,(H,23,24)/t10?,11-,12?,13+,15-,16-,18-,19+,20+/m1/s1. The molecule has 4 bridgehead atoms. The van der Waals surface area contributed by atoms with Gasteiger partial charge in [-0.2, -0.15) is 0 Å². The van der Waals surface area contributed by atoms with Gasteiger partial charge in [0.25, 0.3) is 0 Å². The highest BCUT2D eigenvalue weighted by Gasteiger charge is 2.80. The number of ketones is 1. The van der Waals surface area contributed by atoms with Crippen molar-refractivity contribution in [2.45, 2.75) is 64.9 Å². The molecule has 0 heterocycles. The molecule has 5 rings (SSSR count). The van der Waals surface area contributed by atoms with Crippen LogP contribution in [-0.4, -0.2) is 28.1 Å². The fourth-order valence-corrected chi connectivity index (χ4v) is 8.83. The molecule has 2 unspecified atom stereocenters. The van der Waals surface area contributed by atoms with Gasteiger partial charge in [-0.25, -0.2) is 0 Å². The van der Waals surface area contributed by atoms with Crippen molar-refractivity contribution in [3.63, 3.8) is 0 Å². The Morgan fingerprint density at radius 3 is 2.62 bits per heavy atom. The Hall–Kier alpha value is -0.900. The van der Waals surface area contributed by atoms with Crippen LogP contribution in [0.1, 0.15) is 58.8 Å². The molecule has 0 aromatic rings. The summed E-state index contributed by atoms with van der Waals surface area (Å²) < 4.78 is 0. The molecule has 5 aliphatic carbocycles. The maximum absolute atomic E-state index is 13.0. The predicted octanol–water partition coefficient (Wildman–Crippen LogP) is 2.88. The van der Waals surface area contributed by atoms with Crippen LogP contribution in [-0.2, 0) is 9.59 Å². The average molecular weight is 332 g/mol. The Morgan fingerprint density at radius 2 is 1.92 bits per heavy atom. The Bertz CT molecular complexity index is 640. The maximum atomic E-state index is 13.0. The number of carbonyl (C=O) groups excluding carboxylic acids is 1. The lowest BCUT2D eigenvalue weighted by atomic mass is 9.57. The number of rotatable bonds is 1. The summed E-state index contributed by atoms with van der Waals surface area (Å²) in [6.07, 6.45) is 5.69. The third-order valence-electron chi connectivity index (χ3n) is 9.51. The molecule has 5 saturated carbocycles. The number of carboxylic acid groups (broad SMARTS) is 1. The SMILES string of the molecule is CC1C[C@]23C[C@H]1CCC2[C@]12CC[C@H](O)[C@](C)(C(=O)C1)[C@H]2[C@@H]3C(=O)O. The van der Waals surface area contributed by atoms with Crippen LogP contribution in [0.25, 0.3) is 0 Å². The molecule has 0 aromatic carbocycles. The molecular formula is C20H28O4. The first-order valence-corrected chi connectivity index (χ1v) is 9.71. The third kappa shape index (κ3) is 1.36. The van der Waals surface area contributed by atoms with Crippen molar-refractivity contribution in [3.05, 3.63) is 0 Å². The lowest BCUT2D eigenvalue weighted by Crippen LogP contribution is -2.51. The van der Waals surface area contributed by atoms with Gasteiger partial charge in [0.1, 0.15) is 5.78 Å². The van der Waals surface area contributed by atoms with Gasteiger partial charge in [0.05, 0.1) is 17.4 Å². The average Bonchev–Trinajstić information content (AvgIpc) is 2.98. The van der Waals surface area contributed by atoms with Gasteiger partial charge in [-0.3, -0.25) is 9.59 Å². The summed E-state index contributed by atoms with van der Waals surface area (Å²) in [6.45, 7) is 4.17. The van der Waals surface area contributed by atoms with Crippen LogP contribution in [0.4, 0.5) is 0 Å². The summed E-state index contributed by atoms with van der Waals surface area (Å²) in [5.74, 6) is 0.445. The number of aliphatic carboxylic acids is 1. The van der Waals surface area contributed by atoms with Crippen molar-refractivity contribution in [2.24, 2.45) is 45.8 Å². The Balaban J connectivity index is 1.74. The van der Waals surface area contributed by atoms with Crippen LogP contribution in [0, 0.1) is 45.8 Å². The molecule has 1 spiro atoms. The molecule has 132 valence electrons. The van der Waals surface area contributed by atoms with E-state index >= 15 is 0 Å². The van der Waals surface area contributed by atoms with Gasteiger partial charge in [-0.1, -0.05) is 6.92 Å². The highest BCUT2D eigenvalue weighted by molar-refractivity contribution is 5.91. The largest absolute Gasteiger partial charge is 0.481 e. The lowest BCUT2D eigenvalue weighted by Gasteiger charge is -2.47. The monoisotopic (exact) mass is 332 g/mol. The van der Waals surface area contributed by atoms with Crippen LogP contribution in [0.3, 0.4) is 0 Å². The molecule has 9 atom stereocenters. The van der Waals surface area contributed by atoms with E-state index in [0.717, 1.165) is 25.7 Å². The molecule has 5 fully saturated rings. The summed E-state index contributed by atoms with van der Waals surface area (Å²) in [4.78, 5) is 25.4. The highest BCUT2D eigenvalue weighted by atomic mass is 16.4. The van der Waals surface area contributed by atoms with Crippen LogP contribution in [0.2, 0.25) is 0 Å². The van der Waals surface area contributed by atoms with E-state index in [1.54, 1.807) is 0 Å². The van der Waals surface area contributed by atoms with Gasteiger partial charge in [0.15, 0.2) is 0 Å². The minimum Gasteiger partial charge on any atom is -0.481 e. The second-order valence-corrected chi connectivity index (χ2v) is 9.97. The van der Waals surface area contributed by atoms with Crippen molar-refractivity contribution in [2.75, 3.05) is 0 Å². The summed E-state index contributed by atoms with van der Waals surface area (Å²) in [6, 6.07) is 0. The van der Waals surface area contributed by atoms with E-state index < -0.39 is 23.4 Å². The quantitative estimate of drug-likeness (QED) is 0.774. The van der Waals surface area contributed by atoms with E-state index in [9.17, 15) is 19.8 Å². The van der Waals surface area contributed by atoms with Crippen LogP contribution < -0.4 is 0 Å². The summed E-state index contributed by atoms with van der Waals surface area (Å²) in [5, 5.41) is 21.0. The third-order valence-corrected chi connectivity index (χ3v) is 9.51. The molecule has 0 aliphatic heterocycles. The molecule has 4 heteroatoms. The lowest BCUT2D eigenvalue weighted by molar-refractivity contribution is -0.156. The van der Waals surface area contributed by atoms with Gasteiger partial charge in [0, 0.05) is 6.42 Å². The Kier molecular flexibility index (Phi) is 2.72. The molecule has 2 N–H and O–H groups in total. The molecule has 0 saturated heterocycles. The van der Waals surface area contributed by atoms with E-state index in [1.807, 2.05) is 6.92 Å². The Morgan fingerprint density at radius 1 is 1.17 bits per heavy atom. The molecular weight excluding hydrogens is 304 g/mol. The first-order chi connectivity index (χ1) is 11.3. The van der Waals surface area contributed by atoms with Gasteiger partial charge in [0.2, 0.25) is 0 Å². The number of carbonyl (C=O) groups is 2. The number of Topliss-reactive ketones (excluding diaryl/α,β-unsaturated/α-hetero) is 1.